The van der Waals surface area contributed by atoms with Crippen molar-refractivity contribution in [3.8, 4) is 17.3 Å². The van der Waals surface area contributed by atoms with Crippen molar-refractivity contribution in [3.63, 3.8) is 0 Å². The second-order valence-corrected chi connectivity index (χ2v) is 10.9. The lowest BCUT2D eigenvalue weighted by molar-refractivity contribution is -0.149. The van der Waals surface area contributed by atoms with Crippen molar-refractivity contribution < 1.29 is 18.7 Å². The third-order valence-electron chi connectivity index (χ3n) is 5.50. The number of ether oxygens (including phenoxy) is 2. The normalized spacial score (nSPS) is 11.6. The number of carbonyl (C=O) groups excluding carboxylic acids is 1. The summed E-state index contributed by atoms with van der Waals surface area (Å²) < 4.78 is 19.3. The molecule has 5 rings (SSSR count). The number of hydrogen-bond donors (Lipinski definition) is 0. The highest BCUT2D eigenvalue weighted by Gasteiger charge is 2.17. The quantitative estimate of drug-likeness (QED) is 0.134. The molecule has 198 valence electrons. The topological polar surface area (TPSA) is 95.9 Å². The molecule has 0 bridgehead atoms. The number of rotatable bonds is 7. The summed E-state index contributed by atoms with van der Waals surface area (Å²) in [6.45, 7) is 3.22. The number of carbonyl (C=O) groups is 1. The third kappa shape index (κ3) is 5.93. The molecule has 0 unspecified atom stereocenters. The summed E-state index contributed by atoms with van der Waals surface area (Å²) in [5.41, 5.74) is 1.38. The molecule has 0 N–H and O–H groups in total. The summed E-state index contributed by atoms with van der Waals surface area (Å²) in [7, 11) is 0. The molecule has 0 aliphatic rings. The van der Waals surface area contributed by atoms with E-state index >= 15 is 0 Å². The Hall–Kier alpha value is -3.47. The van der Waals surface area contributed by atoms with Gasteiger partial charge in [0, 0.05) is 9.86 Å². The SMILES string of the molecule is CC(C)OC(=O)COc1c(Cl)cc(C=Nn2c(-c3cc4cc(Br)ccc4o3)nc3ccccc3c2=O)cc1Br. The van der Waals surface area contributed by atoms with Crippen LogP contribution in [-0.4, -0.2) is 34.6 Å². The van der Waals surface area contributed by atoms with Gasteiger partial charge in [-0.15, -0.1) is 0 Å². The van der Waals surface area contributed by atoms with Gasteiger partial charge in [0.25, 0.3) is 5.56 Å². The number of halogens is 3. The zero-order valence-corrected chi connectivity index (χ0v) is 24.6. The maximum Gasteiger partial charge on any atom is 0.344 e. The molecule has 0 saturated heterocycles. The molecular formula is C28H20Br2ClN3O5. The number of para-hydroxylation sites is 1. The lowest BCUT2D eigenvalue weighted by atomic mass is 10.2. The second-order valence-electron chi connectivity index (χ2n) is 8.75. The van der Waals surface area contributed by atoms with Crippen LogP contribution in [0.15, 0.2) is 83.9 Å². The summed E-state index contributed by atoms with van der Waals surface area (Å²) in [6, 6.07) is 17.8. The second kappa shape index (κ2) is 11.3. The Kier molecular flexibility index (Phi) is 7.88. The minimum Gasteiger partial charge on any atom is -0.479 e. The summed E-state index contributed by atoms with van der Waals surface area (Å²) >= 11 is 13.3. The molecule has 0 saturated carbocycles. The van der Waals surface area contributed by atoms with Crippen molar-refractivity contribution in [2.45, 2.75) is 20.0 Å². The molecule has 0 spiro atoms. The van der Waals surface area contributed by atoms with Gasteiger partial charge in [-0.25, -0.2) is 9.78 Å². The van der Waals surface area contributed by atoms with Crippen LogP contribution in [0, 0.1) is 0 Å². The van der Waals surface area contributed by atoms with E-state index in [1.165, 1.54) is 10.9 Å². The molecule has 0 atom stereocenters. The summed E-state index contributed by atoms with van der Waals surface area (Å²) in [5, 5.41) is 5.97. The van der Waals surface area contributed by atoms with Crippen LogP contribution in [0.25, 0.3) is 33.5 Å². The van der Waals surface area contributed by atoms with Gasteiger partial charge in [-0.05, 0) is 83.9 Å². The molecule has 0 amide bonds. The fourth-order valence-corrected chi connectivity index (χ4v) is 5.23. The van der Waals surface area contributed by atoms with Crippen molar-refractivity contribution in [2.24, 2.45) is 5.10 Å². The number of esters is 1. The number of hydrogen-bond acceptors (Lipinski definition) is 7. The first-order valence-electron chi connectivity index (χ1n) is 11.8. The number of fused-ring (bicyclic) bond motifs is 2. The first kappa shape index (κ1) is 27.1. The summed E-state index contributed by atoms with van der Waals surface area (Å²) in [5.74, 6) is 0.413. The molecule has 0 radical (unpaired) electrons. The predicted octanol–water partition coefficient (Wildman–Crippen LogP) is 7.20. The van der Waals surface area contributed by atoms with Crippen LogP contribution in [0.3, 0.4) is 0 Å². The average molecular weight is 674 g/mol. The Morgan fingerprint density at radius 2 is 1.95 bits per heavy atom. The Labute approximate surface area is 244 Å². The van der Waals surface area contributed by atoms with Gasteiger partial charge in [0.15, 0.2) is 18.1 Å². The van der Waals surface area contributed by atoms with Crippen LogP contribution in [-0.2, 0) is 9.53 Å². The van der Waals surface area contributed by atoms with E-state index in [0.717, 1.165) is 9.86 Å². The van der Waals surface area contributed by atoms with Gasteiger partial charge in [-0.2, -0.15) is 9.78 Å². The van der Waals surface area contributed by atoms with E-state index in [1.807, 2.05) is 30.3 Å². The highest BCUT2D eigenvalue weighted by Crippen LogP contribution is 2.34. The summed E-state index contributed by atoms with van der Waals surface area (Å²) in [4.78, 5) is 30.0. The highest BCUT2D eigenvalue weighted by molar-refractivity contribution is 9.10. The van der Waals surface area contributed by atoms with Gasteiger partial charge in [0.1, 0.15) is 5.58 Å². The van der Waals surface area contributed by atoms with Crippen LogP contribution in [0.1, 0.15) is 19.4 Å². The minimum atomic E-state index is -0.507. The highest BCUT2D eigenvalue weighted by atomic mass is 79.9. The van der Waals surface area contributed by atoms with E-state index in [-0.39, 0.29) is 34.9 Å². The van der Waals surface area contributed by atoms with Crippen molar-refractivity contribution in [2.75, 3.05) is 6.61 Å². The van der Waals surface area contributed by atoms with Crippen LogP contribution in [0.2, 0.25) is 5.02 Å². The van der Waals surface area contributed by atoms with Crippen molar-refractivity contribution >= 4 is 77.5 Å². The van der Waals surface area contributed by atoms with E-state index in [9.17, 15) is 9.59 Å². The Morgan fingerprint density at radius 1 is 1.15 bits per heavy atom. The van der Waals surface area contributed by atoms with Crippen molar-refractivity contribution in [1.82, 2.24) is 9.66 Å². The first-order chi connectivity index (χ1) is 18.7. The van der Waals surface area contributed by atoms with Gasteiger partial charge in [-0.1, -0.05) is 39.7 Å². The summed E-state index contributed by atoms with van der Waals surface area (Å²) in [6.07, 6.45) is 1.23. The number of benzene rings is 3. The average Bonchev–Trinajstić information content (AvgIpc) is 3.30. The van der Waals surface area contributed by atoms with Crippen LogP contribution in [0.5, 0.6) is 5.75 Å². The van der Waals surface area contributed by atoms with Crippen LogP contribution in [0.4, 0.5) is 0 Å². The van der Waals surface area contributed by atoms with Gasteiger partial charge in [0.2, 0.25) is 5.82 Å². The standard InChI is InChI=1S/C28H20Br2ClN3O5/c1-15(2)38-25(35)14-37-26-20(30)9-16(10-21(26)31)13-32-34-27(33-22-6-4-3-5-19(22)28(34)36)24-12-17-11-18(29)7-8-23(17)39-24/h3-13,15H,14H2,1-2H3. The van der Waals surface area contributed by atoms with E-state index < -0.39 is 5.97 Å². The maximum absolute atomic E-state index is 13.5. The predicted molar refractivity (Wildman–Crippen MR) is 158 cm³/mol. The molecule has 8 nitrogen and oxygen atoms in total. The van der Waals surface area contributed by atoms with Crippen LogP contribution >= 0.6 is 43.5 Å². The molecule has 0 fully saturated rings. The van der Waals surface area contributed by atoms with Gasteiger partial charge in [-0.3, -0.25) is 4.79 Å². The van der Waals surface area contributed by atoms with E-state index in [0.29, 0.717) is 32.3 Å². The Bertz CT molecular complexity index is 1790. The lowest BCUT2D eigenvalue weighted by Gasteiger charge is -2.12. The smallest absolute Gasteiger partial charge is 0.344 e. The largest absolute Gasteiger partial charge is 0.479 e. The number of aromatic nitrogens is 2. The molecule has 2 heterocycles. The molecule has 5 aromatic rings. The monoisotopic (exact) mass is 671 g/mol. The zero-order valence-electron chi connectivity index (χ0n) is 20.7. The Morgan fingerprint density at radius 3 is 2.72 bits per heavy atom. The van der Waals surface area contributed by atoms with E-state index in [2.05, 4.69) is 37.0 Å². The molecule has 11 heteroatoms. The first-order valence-corrected chi connectivity index (χ1v) is 13.7. The number of nitrogens with zero attached hydrogens (tertiary/aromatic N) is 3. The van der Waals surface area contributed by atoms with Gasteiger partial charge >= 0.3 is 5.97 Å². The minimum absolute atomic E-state index is 0.246. The fraction of sp³-hybridized carbons (Fsp3) is 0.143. The molecule has 0 aliphatic heterocycles. The van der Waals surface area contributed by atoms with Crippen molar-refractivity contribution in [3.05, 3.63) is 90.5 Å². The molecular weight excluding hydrogens is 654 g/mol. The maximum atomic E-state index is 13.5. The molecule has 39 heavy (non-hydrogen) atoms. The third-order valence-corrected chi connectivity index (χ3v) is 6.86. The molecule has 3 aromatic carbocycles. The zero-order chi connectivity index (χ0) is 27.7. The van der Waals surface area contributed by atoms with Crippen LogP contribution < -0.4 is 10.3 Å². The number of furan rings is 1. The van der Waals surface area contributed by atoms with Gasteiger partial charge < -0.3 is 13.9 Å². The van der Waals surface area contributed by atoms with E-state index in [1.54, 1.807) is 44.2 Å². The Balaban J connectivity index is 1.53. The molecule has 0 aliphatic carbocycles. The van der Waals surface area contributed by atoms with E-state index in [4.69, 9.17) is 30.5 Å². The van der Waals surface area contributed by atoms with Crippen molar-refractivity contribution in [1.29, 1.82) is 0 Å². The lowest BCUT2D eigenvalue weighted by Crippen LogP contribution is -2.20. The molecule has 2 aromatic heterocycles. The van der Waals surface area contributed by atoms with Gasteiger partial charge in [0.05, 0.1) is 32.7 Å². The fourth-order valence-electron chi connectivity index (χ4n) is 3.86.